The van der Waals surface area contributed by atoms with E-state index in [2.05, 4.69) is 43.5 Å². The van der Waals surface area contributed by atoms with Gasteiger partial charge in [0.25, 0.3) is 0 Å². The number of hydrogen-bond donors (Lipinski definition) is 0. The van der Waals surface area contributed by atoms with E-state index in [9.17, 15) is 0 Å². The fourth-order valence-electron chi connectivity index (χ4n) is 2.52. The van der Waals surface area contributed by atoms with Crippen LogP contribution in [-0.2, 0) is 0 Å². The van der Waals surface area contributed by atoms with Gasteiger partial charge in [0.2, 0.25) is 0 Å². The molecule has 110 valence electrons. The number of hydrogen-bond acceptors (Lipinski definition) is 2. The van der Waals surface area contributed by atoms with Gasteiger partial charge in [-0.2, -0.15) is 0 Å². The van der Waals surface area contributed by atoms with Crippen molar-refractivity contribution in [1.82, 2.24) is 0 Å². The minimum absolute atomic E-state index is 0.441. The van der Waals surface area contributed by atoms with Crippen LogP contribution in [0.3, 0.4) is 0 Å². The summed E-state index contributed by atoms with van der Waals surface area (Å²) in [4.78, 5) is 0. The first-order valence-electron chi connectivity index (χ1n) is 7.26. The van der Waals surface area contributed by atoms with Crippen molar-refractivity contribution in [3.8, 4) is 11.5 Å². The second-order valence-corrected chi connectivity index (χ2v) is 5.01. The van der Waals surface area contributed by atoms with Crippen LogP contribution in [0.15, 0.2) is 73.8 Å². The van der Waals surface area contributed by atoms with E-state index in [1.54, 1.807) is 12.2 Å². The summed E-state index contributed by atoms with van der Waals surface area (Å²) in [6.07, 6.45) is 3.46. The summed E-state index contributed by atoms with van der Waals surface area (Å²) in [5.41, 5.74) is 0. The summed E-state index contributed by atoms with van der Waals surface area (Å²) in [5.74, 6) is 1.48. The molecule has 0 N–H and O–H groups in total. The first-order valence-corrected chi connectivity index (χ1v) is 7.26. The van der Waals surface area contributed by atoms with Crippen molar-refractivity contribution < 1.29 is 9.47 Å². The molecule has 0 aliphatic rings. The maximum Gasteiger partial charge on any atom is 0.169 e. The smallest absolute Gasteiger partial charge is 0.169 e. The van der Waals surface area contributed by atoms with E-state index in [-0.39, 0.29) is 0 Å². The molecule has 3 aromatic carbocycles. The lowest BCUT2D eigenvalue weighted by molar-refractivity contribution is 0.311. The quantitative estimate of drug-likeness (QED) is 0.463. The van der Waals surface area contributed by atoms with E-state index < -0.39 is 0 Å². The maximum atomic E-state index is 5.87. The SMILES string of the molecule is C=CCOc1ccc2cc3ccccc3cc2c1OCC=C. The predicted molar refractivity (Wildman–Crippen MR) is 92.8 cm³/mol. The lowest BCUT2D eigenvalue weighted by atomic mass is 10.0. The first kappa shape index (κ1) is 14.2. The second kappa shape index (κ2) is 6.35. The van der Waals surface area contributed by atoms with Gasteiger partial charge in [-0.3, -0.25) is 0 Å². The lowest BCUT2D eigenvalue weighted by Gasteiger charge is -2.14. The van der Waals surface area contributed by atoms with Gasteiger partial charge in [0.05, 0.1) is 0 Å². The Bertz CT molecular complexity index is 834. The molecular weight excluding hydrogens is 272 g/mol. The molecule has 0 fully saturated rings. The van der Waals surface area contributed by atoms with Crippen molar-refractivity contribution in [2.45, 2.75) is 0 Å². The number of ether oxygens (including phenoxy) is 2. The molecule has 3 aromatic rings. The third kappa shape index (κ3) is 2.68. The van der Waals surface area contributed by atoms with Crippen LogP contribution in [0.1, 0.15) is 0 Å². The summed E-state index contributed by atoms with van der Waals surface area (Å²) < 4.78 is 11.6. The Labute approximate surface area is 130 Å². The van der Waals surface area contributed by atoms with Gasteiger partial charge in [-0.25, -0.2) is 0 Å². The Hall–Kier alpha value is -2.74. The molecule has 2 heteroatoms. The minimum Gasteiger partial charge on any atom is -0.486 e. The zero-order chi connectivity index (χ0) is 15.4. The summed E-state index contributed by atoms with van der Waals surface area (Å²) in [6.45, 7) is 8.29. The highest BCUT2D eigenvalue weighted by Crippen LogP contribution is 2.37. The molecule has 0 radical (unpaired) electrons. The molecule has 3 rings (SSSR count). The van der Waals surface area contributed by atoms with Gasteiger partial charge in [0, 0.05) is 5.39 Å². The number of fused-ring (bicyclic) bond motifs is 2. The van der Waals surface area contributed by atoms with Crippen molar-refractivity contribution >= 4 is 21.5 Å². The molecule has 0 heterocycles. The molecule has 22 heavy (non-hydrogen) atoms. The van der Waals surface area contributed by atoms with Gasteiger partial charge in [0.1, 0.15) is 13.2 Å². The van der Waals surface area contributed by atoms with Crippen LogP contribution in [0.2, 0.25) is 0 Å². The van der Waals surface area contributed by atoms with Crippen molar-refractivity contribution in [3.05, 3.63) is 73.8 Å². The Balaban J connectivity index is 2.21. The zero-order valence-electron chi connectivity index (χ0n) is 12.4. The van der Waals surface area contributed by atoms with Gasteiger partial charge < -0.3 is 9.47 Å². The summed E-state index contributed by atoms with van der Waals surface area (Å²) >= 11 is 0. The van der Waals surface area contributed by atoms with E-state index >= 15 is 0 Å². The van der Waals surface area contributed by atoms with Crippen LogP contribution in [0.4, 0.5) is 0 Å². The lowest BCUT2D eigenvalue weighted by Crippen LogP contribution is -2.00. The van der Waals surface area contributed by atoms with E-state index in [4.69, 9.17) is 9.47 Å². The normalized spacial score (nSPS) is 10.5. The first-order chi connectivity index (χ1) is 10.8. The zero-order valence-corrected chi connectivity index (χ0v) is 12.4. The van der Waals surface area contributed by atoms with Gasteiger partial charge in [-0.15, -0.1) is 0 Å². The average molecular weight is 290 g/mol. The monoisotopic (exact) mass is 290 g/mol. The van der Waals surface area contributed by atoms with Crippen molar-refractivity contribution in [2.75, 3.05) is 13.2 Å². The molecule has 2 nitrogen and oxygen atoms in total. The highest BCUT2D eigenvalue weighted by molar-refractivity contribution is 6.01. The average Bonchev–Trinajstić information content (AvgIpc) is 2.56. The Kier molecular flexibility index (Phi) is 4.10. The van der Waals surface area contributed by atoms with Crippen molar-refractivity contribution in [1.29, 1.82) is 0 Å². The molecule has 0 spiro atoms. The van der Waals surface area contributed by atoms with Crippen molar-refractivity contribution in [2.24, 2.45) is 0 Å². The molecule has 0 unspecified atom stereocenters. The fourth-order valence-corrected chi connectivity index (χ4v) is 2.52. The van der Waals surface area contributed by atoms with Crippen LogP contribution in [0.25, 0.3) is 21.5 Å². The molecule has 0 amide bonds. The fraction of sp³-hybridized carbons (Fsp3) is 0.100. The van der Waals surface area contributed by atoms with E-state index in [0.29, 0.717) is 13.2 Å². The molecule has 0 bridgehead atoms. The molecule has 0 aliphatic heterocycles. The summed E-state index contributed by atoms with van der Waals surface area (Å²) in [6, 6.07) is 16.6. The van der Waals surface area contributed by atoms with Gasteiger partial charge >= 0.3 is 0 Å². The largest absolute Gasteiger partial charge is 0.486 e. The number of benzene rings is 3. The second-order valence-electron chi connectivity index (χ2n) is 5.01. The van der Waals surface area contributed by atoms with E-state index in [1.165, 1.54) is 10.8 Å². The topological polar surface area (TPSA) is 18.5 Å². The predicted octanol–water partition coefficient (Wildman–Crippen LogP) is 5.12. The molecule has 0 aromatic heterocycles. The third-order valence-corrected chi connectivity index (χ3v) is 3.50. The highest BCUT2D eigenvalue weighted by atomic mass is 16.5. The molecule has 0 aliphatic carbocycles. The number of rotatable bonds is 6. The minimum atomic E-state index is 0.441. The van der Waals surface area contributed by atoms with Crippen LogP contribution < -0.4 is 9.47 Å². The molecule has 0 atom stereocenters. The molecular formula is C20H18O2. The maximum absolute atomic E-state index is 5.87. The van der Waals surface area contributed by atoms with Gasteiger partial charge in [-0.05, 0) is 34.4 Å². The van der Waals surface area contributed by atoms with Crippen LogP contribution in [0.5, 0.6) is 11.5 Å². The van der Waals surface area contributed by atoms with E-state index in [0.717, 1.165) is 22.3 Å². The Morgan fingerprint density at radius 1 is 0.773 bits per heavy atom. The summed E-state index contributed by atoms with van der Waals surface area (Å²) in [7, 11) is 0. The molecule has 0 saturated carbocycles. The highest BCUT2D eigenvalue weighted by Gasteiger charge is 2.11. The van der Waals surface area contributed by atoms with Gasteiger partial charge in [0.15, 0.2) is 11.5 Å². The summed E-state index contributed by atoms with van der Waals surface area (Å²) in [5, 5.41) is 4.56. The third-order valence-electron chi connectivity index (χ3n) is 3.50. The van der Waals surface area contributed by atoms with Crippen LogP contribution in [-0.4, -0.2) is 13.2 Å². The Morgan fingerprint density at radius 3 is 2.18 bits per heavy atom. The van der Waals surface area contributed by atoms with Gasteiger partial charge in [-0.1, -0.05) is 55.6 Å². The molecule has 0 saturated heterocycles. The standard InChI is InChI=1S/C20H18O2/c1-3-11-21-19-10-9-17-13-15-7-5-6-8-16(15)14-18(17)20(19)22-12-4-2/h3-10,13-14H,1-2,11-12H2. The van der Waals surface area contributed by atoms with E-state index in [1.807, 2.05) is 18.2 Å². The Morgan fingerprint density at radius 2 is 1.45 bits per heavy atom. The van der Waals surface area contributed by atoms with Crippen molar-refractivity contribution in [3.63, 3.8) is 0 Å². The van der Waals surface area contributed by atoms with Crippen LogP contribution >= 0.6 is 0 Å². The van der Waals surface area contributed by atoms with Crippen LogP contribution in [0, 0.1) is 0 Å².